The predicted molar refractivity (Wildman–Crippen MR) is 189 cm³/mol. The van der Waals surface area contributed by atoms with Crippen LogP contribution in [0.2, 0.25) is 0 Å². The first kappa shape index (κ1) is 37.7. The number of anilines is 1. The maximum atomic E-state index is 12.7. The highest BCUT2D eigenvalue weighted by atomic mass is 16.6. The lowest BCUT2D eigenvalue weighted by Crippen LogP contribution is -2.40. The maximum absolute atomic E-state index is 12.7. The molecule has 0 aliphatic carbocycles. The fourth-order valence-electron chi connectivity index (χ4n) is 5.98. The van der Waals surface area contributed by atoms with E-state index in [1.165, 1.54) is 12.0 Å². The third kappa shape index (κ3) is 9.76. The Kier molecular flexibility index (Phi) is 12.9. The molecule has 0 spiro atoms. The fraction of sp³-hybridized carbons (Fsp3) is 0.444. The molecule has 1 aliphatic rings. The van der Waals surface area contributed by atoms with E-state index >= 15 is 0 Å². The summed E-state index contributed by atoms with van der Waals surface area (Å²) in [7, 11) is 4.77. The second-order valence-corrected chi connectivity index (χ2v) is 13.1. The van der Waals surface area contributed by atoms with Gasteiger partial charge in [-0.2, -0.15) is 0 Å². The topological polar surface area (TPSA) is 161 Å². The Labute approximate surface area is 292 Å². The van der Waals surface area contributed by atoms with Crippen molar-refractivity contribution in [3.8, 4) is 11.4 Å². The number of carbonyl (C=O) groups is 3. The van der Waals surface area contributed by atoms with E-state index in [0.717, 1.165) is 22.4 Å². The van der Waals surface area contributed by atoms with Gasteiger partial charge in [-0.05, 0) is 57.9 Å². The number of carbonyl (C=O) groups excluding carboxylic acids is 2. The van der Waals surface area contributed by atoms with Gasteiger partial charge < -0.3 is 34.1 Å². The summed E-state index contributed by atoms with van der Waals surface area (Å²) in [4.78, 5) is 51.9. The number of benzene rings is 1. The van der Waals surface area contributed by atoms with Crippen molar-refractivity contribution >= 4 is 35.4 Å². The minimum atomic E-state index is -0.593. The van der Waals surface area contributed by atoms with Crippen molar-refractivity contribution in [1.82, 2.24) is 29.3 Å². The first-order chi connectivity index (χ1) is 23.9. The van der Waals surface area contributed by atoms with Crippen LogP contribution >= 0.6 is 0 Å². The molecule has 1 aliphatic heterocycles. The van der Waals surface area contributed by atoms with Gasteiger partial charge in [0.1, 0.15) is 29.0 Å². The van der Waals surface area contributed by atoms with Gasteiger partial charge in [-0.25, -0.2) is 14.8 Å². The van der Waals surface area contributed by atoms with Crippen molar-refractivity contribution < 1.29 is 33.7 Å². The van der Waals surface area contributed by atoms with E-state index in [4.69, 9.17) is 39.1 Å². The van der Waals surface area contributed by atoms with E-state index in [2.05, 4.69) is 26.9 Å². The molecule has 1 amide bonds. The summed E-state index contributed by atoms with van der Waals surface area (Å²) in [6.45, 7) is 9.30. The van der Waals surface area contributed by atoms with Crippen LogP contribution in [-0.4, -0.2) is 111 Å². The van der Waals surface area contributed by atoms with E-state index < -0.39 is 11.7 Å². The smallest absolute Gasteiger partial charge is 0.410 e. The average molecular weight is 690 g/mol. The lowest BCUT2D eigenvalue weighted by molar-refractivity contribution is -0.146. The standard InChI is InChI=1S/C35H45N7O5.CH2O2/c1-23-37-28-16-17-36-31(32(28)42(23)22-26(45-6)21-40(5)34(44)47-35(2,3)4)27-14-11-15-30(39-27)38-25-18-29(33(43)46-7)41(20-25)19-24-12-9-8-10-13-24;2-1-3/h8-17,25-26,29H,18-22H2,1-7H3,(H,38,39);1H,(H,2,3). The van der Waals surface area contributed by atoms with Crippen LogP contribution in [0.1, 0.15) is 38.6 Å². The molecule has 0 saturated carbocycles. The molecule has 268 valence electrons. The van der Waals surface area contributed by atoms with Crippen LogP contribution in [0.15, 0.2) is 60.8 Å². The van der Waals surface area contributed by atoms with Crippen LogP contribution in [0.4, 0.5) is 10.6 Å². The molecule has 0 bridgehead atoms. The lowest BCUT2D eigenvalue weighted by atomic mass is 10.1. The van der Waals surface area contributed by atoms with Gasteiger partial charge >= 0.3 is 12.1 Å². The summed E-state index contributed by atoms with van der Waals surface area (Å²) in [6, 6.07) is 17.4. The Balaban J connectivity index is 0.00000181. The number of carboxylic acid groups (broad SMARTS) is 1. The minimum absolute atomic E-state index is 0.00786. The summed E-state index contributed by atoms with van der Waals surface area (Å²) in [5.41, 5.74) is 3.54. The summed E-state index contributed by atoms with van der Waals surface area (Å²) in [5, 5.41) is 10.4. The van der Waals surface area contributed by atoms with E-state index in [1.54, 1.807) is 20.4 Å². The number of ether oxygens (including phenoxy) is 3. The molecule has 2 N–H and O–H groups in total. The summed E-state index contributed by atoms with van der Waals surface area (Å²) < 4.78 is 18.6. The molecule has 1 aromatic carbocycles. The summed E-state index contributed by atoms with van der Waals surface area (Å²) >= 11 is 0. The molecule has 50 heavy (non-hydrogen) atoms. The van der Waals surface area contributed by atoms with Crippen LogP contribution in [0.5, 0.6) is 0 Å². The molecule has 3 aromatic heterocycles. The number of pyridine rings is 2. The number of nitrogens with zero attached hydrogens (tertiary/aromatic N) is 6. The number of imidazole rings is 1. The predicted octanol–water partition coefficient (Wildman–Crippen LogP) is 4.61. The van der Waals surface area contributed by atoms with Crippen LogP contribution in [0.25, 0.3) is 22.4 Å². The zero-order valence-corrected chi connectivity index (χ0v) is 29.7. The van der Waals surface area contributed by atoms with Crippen molar-refractivity contribution in [3.63, 3.8) is 0 Å². The summed E-state index contributed by atoms with van der Waals surface area (Å²) in [6.07, 6.45) is 1.59. The number of rotatable bonds is 11. The van der Waals surface area contributed by atoms with E-state index in [1.807, 2.05) is 70.2 Å². The van der Waals surface area contributed by atoms with Crippen LogP contribution < -0.4 is 5.32 Å². The molecule has 3 atom stereocenters. The number of likely N-dealkylation sites (tertiary alicyclic amines) is 1. The normalized spacial score (nSPS) is 16.6. The van der Waals surface area contributed by atoms with Gasteiger partial charge in [-0.3, -0.25) is 19.5 Å². The third-order valence-electron chi connectivity index (χ3n) is 8.20. The van der Waals surface area contributed by atoms with Crippen LogP contribution in [-0.2, 0) is 36.9 Å². The van der Waals surface area contributed by atoms with Crippen molar-refractivity contribution in [1.29, 1.82) is 0 Å². The zero-order chi connectivity index (χ0) is 36.4. The second-order valence-electron chi connectivity index (χ2n) is 13.1. The molecule has 4 heterocycles. The van der Waals surface area contributed by atoms with Crippen molar-refractivity contribution in [2.24, 2.45) is 0 Å². The number of hydrogen-bond acceptors (Lipinski definition) is 11. The van der Waals surface area contributed by atoms with Gasteiger partial charge in [-0.1, -0.05) is 36.4 Å². The lowest BCUT2D eigenvalue weighted by Gasteiger charge is -2.27. The molecule has 1 saturated heterocycles. The summed E-state index contributed by atoms with van der Waals surface area (Å²) in [5.74, 6) is 1.25. The van der Waals surface area contributed by atoms with Crippen LogP contribution in [0.3, 0.4) is 0 Å². The Bertz CT molecular complexity index is 1740. The molecule has 1 fully saturated rings. The molecule has 14 nitrogen and oxygen atoms in total. The Morgan fingerprint density at radius 3 is 2.48 bits per heavy atom. The Morgan fingerprint density at radius 2 is 1.82 bits per heavy atom. The third-order valence-corrected chi connectivity index (χ3v) is 8.20. The maximum Gasteiger partial charge on any atom is 0.410 e. The molecule has 14 heteroatoms. The van der Waals surface area contributed by atoms with E-state index in [-0.39, 0.29) is 30.6 Å². The molecular weight excluding hydrogens is 642 g/mol. The number of methoxy groups -OCH3 is 2. The second kappa shape index (κ2) is 17.0. The fourth-order valence-corrected chi connectivity index (χ4v) is 5.98. The zero-order valence-electron chi connectivity index (χ0n) is 29.7. The first-order valence-corrected chi connectivity index (χ1v) is 16.3. The van der Waals surface area contributed by atoms with Crippen molar-refractivity contribution in [2.45, 2.75) is 71.0 Å². The van der Waals surface area contributed by atoms with Gasteiger partial charge in [0.15, 0.2) is 0 Å². The molecule has 3 unspecified atom stereocenters. The number of hydrogen-bond donors (Lipinski definition) is 2. The molecule has 5 rings (SSSR count). The highest BCUT2D eigenvalue weighted by Crippen LogP contribution is 2.29. The van der Waals surface area contributed by atoms with E-state index in [9.17, 15) is 9.59 Å². The van der Waals surface area contributed by atoms with E-state index in [0.29, 0.717) is 49.8 Å². The van der Waals surface area contributed by atoms with Gasteiger partial charge in [0.25, 0.3) is 6.47 Å². The number of nitrogens with one attached hydrogen (secondary N) is 1. The minimum Gasteiger partial charge on any atom is -0.483 e. The SMILES string of the molecule is COC(=O)C1CC(Nc2cccc(-c3nccc4nc(C)n(CC(CN(C)C(=O)OC(C)(C)C)OC)c34)n2)CN1Cc1ccccc1.O=CO. The van der Waals surface area contributed by atoms with Gasteiger partial charge in [0.2, 0.25) is 0 Å². The quantitative estimate of drug-likeness (QED) is 0.166. The first-order valence-electron chi connectivity index (χ1n) is 16.3. The number of likely N-dealkylation sites (N-methyl/N-ethyl adjacent to an activating group) is 1. The Morgan fingerprint density at radius 1 is 1.10 bits per heavy atom. The Hall–Kier alpha value is -5.08. The highest BCUT2D eigenvalue weighted by molar-refractivity contribution is 5.89. The largest absolute Gasteiger partial charge is 0.483 e. The van der Waals surface area contributed by atoms with Crippen molar-refractivity contribution in [3.05, 3.63) is 72.2 Å². The molecule has 4 aromatic rings. The monoisotopic (exact) mass is 689 g/mol. The van der Waals surface area contributed by atoms with Crippen LogP contribution in [0, 0.1) is 6.92 Å². The highest BCUT2D eigenvalue weighted by Gasteiger charge is 2.37. The number of aromatic nitrogens is 4. The van der Waals surface area contributed by atoms with Crippen molar-refractivity contribution in [2.75, 3.05) is 39.7 Å². The average Bonchev–Trinajstić information content (AvgIpc) is 3.62. The van der Waals surface area contributed by atoms with Gasteiger partial charge in [-0.15, -0.1) is 0 Å². The number of fused-ring (bicyclic) bond motifs is 1. The molecular formula is C36H47N7O7. The number of aryl methyl sites for hydroxylation is 1. The number of amides is 1. The van der Waals surface area contributed by atoms with Gasteiger partial charge in [0.05, 0.1) is 43.0 Å². The number of esters is 1. The van der Waals surface area contributed by atoms with Gasteiger partial charge in [0, 0.05) is 39.5 Å². The molecule has 0 radical (unpaired) electrons.